The Morgan fingerprint density at radius 1 is 0.596 bits per heavy atom. The van der Waals surface area contributed by atoms with Crippen LogP contribution in [0.15, 0.2) is 85.1 Å². The minimum absolute atomic E-state index is 0.127. The lowest BCUT2D eigenvalue weighted by Gasteiger charge is -2.20. The summed E-state index contributed by atoms with van der Waals surface area (Å²) in [5, 5.41) is 8.86. The number of esters is 2. The summed E-state index contributed by atoms with van der Waals surface area (Å²) < 4.78 is 32.5. The summed E-state index contributed by atoms with van der Waals surface area (Å²) in [5.41, 5.74) is 5.31. The Morgan fingerprint density at radius 3 is 1.52 bits per heavy atom. The molecule has 0 rings (SSSR count). The average molecular weight is 750 g/mol. The molecule has 0 amide bonds. The van der Waals surface area contributed by atoms with Crippen LogP contribution in [-0.4, -0.2) is 59.9 Å². The Morgan fingerprint density at radius 2 is 1.02 bits per heavy atom. The lowest BCUT2D eigenvalue weighted by Crippen LogP contribution is -2.34. The fourth-order valence-corrected chi connectivity index (χ4v) is 5.15. The fourth-order valence-electron chi connectivity index (χ4n) is 4.37. The Kier molecular flexibility index (Phi) is 32.5. The Bertz CT molecular complexity index is 1200. The third-order valence-electron chi connectivity index (χ3n) is 7.29. The summed E-state index contributed by atoms with van der Waals surface area (Å²) in [6.45, 7) is 2.44. The molecule has 0 heterocycles. The van der Waals surface area contributed by atoms with Gasteiger partial charge in [0.2, 0.25) is 0 Å². The first-order chi connectivity index (χ1) is 25.1. The van der Waals surface area contributed by atoms with Crippen LogP contribution in [0.25, 0.3) is 0 Å². The van der Waals surface area contributed by atoms with E-state index in [4.69, 9.17) is 24.8 Å². The molecule has 0 aromatic carbocycles. The van der Waals surface area contributed by atoms with Crippen LogP contribution in [0.4, 0.5) is 0 Å². The van der Waals surface area contributed by atoms with E-state index in [1.165, 1.54) is 0 Å². The molecule has 2 unspecified atom stereocenters. The van der Waals surface area contributed by atoms with Crippen molar-refractivity contribution in [2.75, 3.05) is 19.8 Å². The van der Waals surface area contributed by atoms with E-state index in [0.717, 1.165) is 77.0 Å². The molecule has 0 spiro atoms. The predicted octanol–water partition coefficient (Wildman–Crippen LogP) is 9.16. The minimum Gasteiger partial charge on any atom is -0.480 e. The van der Waals surface area contributed by atoms with Gasteiger partial charge in [-0.15, -0.1) is 0 Å². The highest BCUT2D eigenvalue weighted by molar-refractivity contribution is 7.47. The van der Waals surface area contributed by atoms with E-state index >= 15 is 0 Å². The SMILES string of the molecule is CC/C=C/C=C/C=C/C=C/CCCCCCCC(=O)OCC(COP(=O)(O)OC[C@H](N)C(=O)O)OC(=O)CCCCCCC/C=C/C=C/C=C/CC. The molecular formula is C40H64NO10P. The Labute approximate surface area is 312 Å². The lowest BCUT2D eigenvalue weighted by molar-refractivity contribution is -0.161. The van der Waals surface area contributed by atoms with Crippen molar-refractivity contribution in [2.45, 2.75) is 129 Å². The maximum absolute atomic E-state index is 12.5. The second-order valence-electron chi connectivity index (χ2n) is 12.1. The van der Waals surface area contributed by atoms with E-state index in [-0.39, 0.29) is 19.4 Å². The zero-order valence-electron chi connectivity index (χ0n) is 31.4. The first kappa shape index (κ1) is 48.7. The van der Waals surface area contributed by atoms with Gasteiger partial charge < -0.3 is 25.2 Å². The highest BCUT2D eigenvalue weighted by Gasteiger charge is 2.28. The number of carbonyl (C=O) groups is 3. The molecule has 4 N–H and O–H groups in total. The third-order valence-corrected chi connectivity index (χ3v) is 8.25. The second-order valence-corrected chi connectivity index (χ2v) is 13.5. The minimum atomic E-state index is -4.73. The zero-order chi connectivity index (χ0) is 38.5. The van der Waals surface area contributed by atoms with Crippen molar-refractivity contribution in [1.82, 2.24) is 0 Å². The number of hydrogen-bond donors (Lipinski definition) is 3. The number of phosphoric acid groups is 1. The van der Waals surface area contributed by atoms with Gasteiger partial charge in [0.25, 0.3) is 0 Å². The number of hydrogen-bond acceptors (Lipinski definition) is 9. The number of rotatable bonds is 33. The molecule has 0 bridgehead atoms. The van der Waals surface area contributed by atoms with Crippen molar-refractivity contribution in [3.8, 4) is 0 Å². The Hall–Kier alpha value is -3.34. The molecule has 294 valence electrons. The monoisotopic (exact) mass is 749 g/mol. The molecule has 52 heavy (non-hydrogen) atoms. The number of carboxylic acid groups (broad SMARTS) is 1. The van der Waals surface area contributed by atoms with Crippen LogP contribution in [0.5, 0.6) is 0 Å². The predicted molar refractivity (Wildman–Crippen MR) is 207 cm³/mol. The van der Waals surface area contributed by atoms with Gasteiger partial charge in [0.1, 0.15) is 12.6 Å². The van der Waals surface area contributed by atoms with Gasteiger partial charge in [0.15, 0.2) is 6.10 Å². The van der Waals surface area contributed by atoms with Crippen molar-refractivity contribution in [1.29, 1.82) is 0 Å². The molecule has 0 aromatic rings. The quantitative estimate of drug-likeness (QED) is 0.0253. The van der Waals surface area contributed by atoms with E-state index in [1.807, 2.05) is 60.8 Å². The summed E-state index contributed by atoms with van der Waals surface area (Å²) >= 11 is 0. The first-order valence-corrected chi connectivity index (χ1v) is 20.2. The van der Waals surface area contributed by atoms with Crippen LogP contribution in [0.2, 0.25) is 0 Å². The molecule has 0 aliphatic heterocycles. The summed E-state index contributed by atoms with van der Waals surface area (Å²) in [5.74, 6) is -2.45. The van der Waals surface area contributed by atoms with E-state index in [9.17, 15) is 23.8 Å². The highest BCUT2D eigenvalue weighted by Crippen LogP contribution is 2.43. The molecule has 0 saturated heterocycles. The maximum Gasteiger partial charge on any atom is 0.472 e. The molecule has 0 aromatic heterocycles. The molecule has 0 saturated carbocycles. The maximum atomic E-state index is 12.5. The van der Waals surface area contributed by atoms with Crippen molar-refractivity contribution in [2.24, 2.45) is 5.73 Å². The van der Waals surface area contributed by atoms with Crippen LogP contribution in [0.3, 0.4) is 0 Å². The number of carbonyl (C=O) groups excluding carboxylic acids is 2. The number of nitrogens with two attached hydrogens (primary N) is 1. The molecular weight excluding hydrogens is 685 g/mol. The molecule has 0 aliphatic rings. The number of ether oxygens (including phenoxy) is 2. The molecule has 12 heteroatoms. The summed E-state index contributed by atoms with van der Waals surface area (Å²) in [6, 6.07) is -1.53. The molecule has 0 fully saturated rings. The molecule has 11 nitrogen and oxygen atoms in total. The first-order valence-electron chi connectivity index (χ1n) is 18.7. The van der Waals surface area contributed by atoms with E-state index in [1.54, 1.807) is 0 Å². The van der Waals surface area contributed by atoms with Crippen molar-refractivity contribution < 1.29 is 47.5 Å². The summed E-state index contributed by atoms with van der Waals surface area (Å²) in [7, 11) is -4.73. The topological polar surface area (TPSA) is 172 Å². The smallest absolute Gasteiger partial charge is 0.472 e. The van der Waals surface area contributed by atoms with Gasteiger partial charge in [-0.25, -0.2) is 4.57 Å². The second kappa shape index (κ2) is 34.7. The van der Waals surface area contributed by atoms with Crippen LogP contribution < -0.4 is 5.73 Å². The van der Waals surface area contributed by atoms with E-state index in [0.29, 0.717) is 12.8 Å². The summed E-state index contributed by atoms with van der Waals surface area (Å²) in [6.07, 6.45) is 40.8. The van der Waals surface area contributed by atoms with E-state index < -0.39 is 51.1 Å². The summed E-state index contributed by atoms with van der Waals surface area (Å²) in [4.78, 5) is 45.7. The van der Waals surface area contributed by atoms with Gasteiger partial charge in [-0.1, -0.05) is 137 Å². The number of unbranched alkanes of at least 4 members (excludes halogenated alkanes) is 10. The largest absolute Gasteiger partial charge is 0.480 e. The van der Waals surface area contributed by atoms with Gasteiger partial charge in [-0.05, 0) is 51.4 Å². The molecule has 0 radical (unpaired) electrons. The van der Waals surface area contributed by atoms with Crippen LogP contribution in [0, 0.1) is 0 Å². The van der Waals surface area contributed by atoms with Gasteiger partial charge in [0.05, 0.1) is 13.2 Å². The van der Waals surface area contributed by atoms with Crippen LogP contribution in [-0.2, 0) is 37.5 Å². The number of phosphoric ester groups is 1. The number of carboxylic acids is 1. The normalized spacial score (nSPS) is 14.8. The van der Waals surface area contributed by atoms with Crippen LogP contribution >= 0.6 is 7.82 Å². The van der Waals surface area contributed by atoms with Crippen LogP contribution in [0.1, 0.15) is 117 Å². The van der Waals surface area contributed by atoms with Gasteiger partial charge in [-0.3, -0.25) is 23.4 Å². The molecule has 3 atom stereocenters. The third kappa shape index (κ3) is 33.8. The van der Waals surface area contributed by atoms with Crippen molar-refractivity contribution in [3.63, 3.8) is 0 Å². The number of allylic oxidation sites excluding steroid dienone is 14. The number of aliphatic carboxylic acids is 1. The molecule has 0 aliphatic carbocycles. The van der Waals surface area contributed by atoms with Gasteiger partial charge in [0, 0.05) is 12.8 Å². The Balaban J connectivity index is 4.54. The highest BCUT2D eigenvalue weighted by atomic mass is 31.2. The van der Waals surface area contributed by atoms with Crippen molar-refractivity contribution >= 4 is 25.7 Å². The fraction of sp³-hybridized carbons (Fsp3) is 0.575. The van der Waals surface area contributed by atoms with Crippen molar-refractivity contribution in [3.05, 3.63) is 85.1 Å². The van der Waals surface area contributed by atoms with Gasteiger partial charge >= 0.3 is 25.7 Å². The standard InChI is InChI=1S/C40H64NO10P/c1-3-5-7-9-11-13-15-17-18-20-21-23-25-27-29-31-38(42)48-33-36(34-49-52(46,47)50-35-37(41)40(44)45)51-39(43)32-30-28-26-24-22-19-16-14-12-10-8-6-4-2/h5-18,36-37H,3-4,19-35,41H2,1-2H3,(H,44,45)(H,46,47)/b7-5+,8-6+,11-9+,12-10+,15-13+,16-14+,18-17+/t36?,37-/m0/s1. The lowest BCUT2D eigenvalue weighted by atomic mass is 10.1. The average Bonchev–Trinajstić information content (AvgIpc) is 3.12. The van der Waals surface area contributed by atoms with Gasteiger partial charge in [-0.2, -0.15) is 0 Å². The van der Waals surface area contributed by atoms with E-state index in [2.05, 4.69) is 42.7 Å². The zero-order valence-corrected chi connectivity index (χ0v) is 32.3.